The summed E-state index contributed by atoms with van der Waals surface area (Å²) in [6, 6.07) is 19.0. The Morgan fingerprint density at radius 1 is 1.15 bits per heavy atom. The SMILES string of the molecule is CCOC(=O)[C@H](O)CN(Cc1ccc(-c2cc(Cl)ccc2F)cc1)NC(=O)C1=NC(c2ccccc2)C(=O)N1. The molecule has 1 unspecified atom stereocenters. The molecule has 202 valence electrons. The highest BCUT2D eigenvalue weighted by Gasteiger charge is 2.32. The highest BCUT2D eigenvalue weighted by atomic mass is 35.5. The Balaban J connectivity index is 1.51. The Morgan fingerprint density at radius 2 is 1.87 bits per heavy atom. The van der Waals surface area contributed by atoms with Crippen LogP contribution in [0.15, 0.2) is 77.8 Å². The average molecular weight is 553 g/mol. The topological polar surface area (TPSA) is 120 Å². The van der Waals surface area contributed by atoms with Crippen LogP contribution in [0.4, 0.5) is 4.39 Å². The molecule has 0 fully saturated rings. The Hall–Kier alpha value is -4.12. The van der Waals surface area contributed by atoms with E-state index in [4.69, 9.17) is 16.3 Å². The zero-order valence-corrected chi connectivity index (χ0v) is 21.7. The van der Waals surface area contributed by atoms with E-state index in [-0.39, 0.29) is 25.5 Å². The van der Waals surface area contributed by atoms with Gasteiger partial charge in [-0.3, -0.25) is 15.0 Å². The van der Waals surface area contributed by atoms with Crippen LogP contribution in [0, 0.1) is 5.82 Å². The molecule has 9 nitrogen and oxygen atoms in total. The Bertz CT molecular complexity index is 1380. The van der Waals surface area contributed by atoms with Crippen molar-refractivity contribution in [2.45, 2.75) is 25.6 Å². The Morgan fingerprint density at radius 3 is 2.56 bits per heavy atom. The second kappa shape index (κ2) is 12.6. The van der Waals surface area contributed by atoms with E-state index in [1.807, 2.05) is 0 Å². The van der Waals surface area contributed by atoms with Crippen molar-refractivity contribution < 1.29 is 28.6 Å². The molecule has 3 N–H and O–H groups in total. The summed E-state index contributed by atoms with van der Waals surface area (Å²) in [7, 11) is 0. The lowest BCUT2D eigenvalue weighted by Crippen LogP contribution is -2.51. The molecule has 1 aliphatic rings. The standard InChI is InChI=1S/C28H26ClFN4O5/c1-2-39-28(38)23(35)16-34(15-17-8-10-18(11-9-17)21-14-20(29)12-13-22(21)30)33-27(37)25-31-24(26(36)32-25)19-6-4-3-5-7-19/h3-14,23-24,35H,2,15-16H2,1H3,(H,33,37)(H,31,32,36)/t23-,24?/m1/s1. The molecule has 0 aliphatic carbocycles. The molecule has 4 rings (SSSR count). The largest absolute Gasteiger partial charge is 0.464 e. The van der Waals surface area contributed by atoms with Crippen molar-refractivity contribution in [3.05, 3.63) is 94.8 Å². The number of ether oxygens (including phenoxy) is 1. The maximum absolute atomic E-state index is 14.3. The zero-order chi connectivity index (χ0) is 27.9. The van der Waals surface area contributed by atoms with Gasteiger partial charge in [-0.2, -0.15) is 0 Å². The molecule has 0 bridgehead atoms. The summed E-state index contributed by atoms with van der Waals surface area (Å²) in [5, 5.41) is 14.5. The first-order valence-electron chi connectivity index (χ1n) is 12.1. The highest BCUT2D eigenvalue weighted by molar-refractivity contribution is 6.42. The van der Waals surface area contributed by atoms with Gasteiger partial charge in [0.2, 0.25) is 0 Å². The number of carbonyl (C=O) groups is 3. The molecule has 1 aliphatic heterocycles. The second-order valence-corrected chi connectivity index (χ2v) is 9.13. The van der Waals surface area contributed by atoms with Gasteiger partial charge in [0.05, 0.1) is 13.2 Å². The summed E-state index contributed by atoms with van der Waals surface area (Å²) >= 11 is 6.01. The number of esters is 1. The van der Waals surface area contributed by atoms with E-state index in [2.05, 4.69) is 15.7 Å². The first-order valence-corrected chi connectivity index (χ1v) is 12.5. The third-order valence-electron chi connectivity index (χ3n) is 5.86. The van der Waals surface area contributed by atoms with Crippen molar-refractivity contribution in [1.29, 1.82) is 0 Å². The quantitative estimate of drug-likeness (QED) is 0.262. The third kappa shape index (κ3) is 7.05. The van der Waals surface area contributed by atoms with E-state index < -0.39 is 35.7 Å². The summed E-state index contributed by atoms with van der Waals surface area (Å²) in [4.78, 5) is 41.7. The van der Waals surface area contributed by atoms with Crippen LogP contribution >= 0.6 is 11.6 Å². The summed E-state index contributed by atoms with van der Waals surface area (Å²) < 4.78 is 19.1. The fourth-order valence-electron chi connectivity index (χ4n) is 3.98. The van der Waals surface area contributed by atoms with Gasteiger partial charge in [-0.1, -0.05) is 66.2 Å². The number of aliphatic hydroxyl groups excluding tert-OH is 1. The average Bonchev–Trinajstić information content (AvgIpc) is 3.33. The maximum atomic E-state index is 14.3. The molecular weight excluding hydrogens is 527 g/mol. The predicted octanol–water partition coefficient (Wildman–Crippen LogP) is 3.17. The number of nitrogens with zero attached hydrogens (tertiary/aromatic N) is 2. The minimum Gasteiger partial charge on any atom is -0.464 e. The number of amidine groups is 1. The molecule has 0 spiro atoms. The van der Waals surface area contributed by atoms with Crippen molar-refractivity contribution >= 4 is 35.2 Å². The van der Waals surface area contributed by atoms with E-state index in [1.165, 1.54) is 23.2 Å². The van der Waals surface area contributed by atoms with Crippen LogP contribution in [0.25, 0.3) is 11.1 Å². The van der Waals surface area contributed by atoms with E-state index in [0.717, 1.165) is 0 Å². The van der Waals surface area contributed by atoms with Gasteiger partial charge in [0, 0.05) is 17.1 Å². The van der Waals surface area contributed by atoms with E-state index in [0.29, 0.717) is 27.3 Å². The highest BCUT2D eigenvalue weighted by Crippen LogP contribution is 2.26. The number of benzene rings is 3. The number of hydrazine groups is 1. The molecule has 11 heteroatoms. The number of amides is 2. The molecule has 3 aromatic rings. The molecule has 0 saturated carbocycles. The zero-order valence-electron chi connectivity index (χ0n) is 20.9. The fraction of sp³-hybridized carbons (Fsp3) is 0.214. The first kappa shape index (κ1) is 27.9. The van der Waals surface area contributed by atoms with Crippen LogP contribution in [-0.2, 0) is 25.7 Å². The lowest BCUT2D eigenvalue weighted by atomic mass is 10.0. The van der Waals surface area contributed by atoms with Crippen LogP contribution < -0.4 is 10.7 Å². The number of carbonyl (C=O) groups excluding carboxylic acids is 3. The summed E-state index contributed by atoms with van der Waals surface area (Å²) in [6.45, 7) is 1.44. The van der Waals surface area contributed by atoms with Gasteiger partial charge >= 0.3 is 11.9 Å². The van der Waals surface area contributed by atoms with Crippen molar-refractivity contribution in [2.75, 3.05) is 13.2 Å². The van der Waals surface area contributed by atoms with Gasteiger partial charge < -0.3 is 15.2 Å². The van der Waals surface area contributed by atoms with Crippen molar-refractivity contribution in [3.8, 4) is 11.1 Å². The molecule has 39 heavy (non-hydrogen) atoms. The van der Waals surface area contributed by atoms with Crippen molar-refractivity contribution in [2.24, 2.45) is 4.99 Å². The fourth-order valence-corrected chi connectivity index (χ4v) is 4.15. The van der Waals surface area contributed by atoms with Gasteiger partial charge in [0.25, 0.3) is 5.91 Å². The monoisotopic (exact) mass is 552 g/mol. The minimum absolute atomic E-state index is 0.0594. The van der Waals surface area contributed by atoms with E-state index >= 15 is 0 Å². The lowest BCUT2D eigenvalue weighted by Gasteiger charge is -2.25. The van der Waals surface area contributed by atoms with Crippen LogP contribution in [0.5, 0.6) is 0 Å². The molecule has 0 radical (unpaired) electrons. The van der Waals surface area contributed by atoms with Gasteiger partial charge in [-0.05, 0) is 41.8 Å². The number of hydrogen-bond acceptors (Lipinski definition) is 7. The number of hydrogen-bond donors (Lipinski definition) is 3. The Labute approximate surface area is 229 Å². The second-order valence-electron chi connectivity index (χ2n) is 8.69. The molecule has 2 atom stereocenters. The number of rotatable bonds is 10. The number of aliphatic hydroxyl groups is 1. The van der Waals surface area contributed by atoms with Crippen LogP contribution in [0.1, 0.15) is 24.1 Å². The smallest absolute Gasteiger partial charge is 0.336 e. The summed E-state index contributed by atoms with van der Waals surface area (Å²) in [6.07, 6.45) is -1.55. The third-order valence-corrected chi connectivity index (χ3v) is 6.09. The van der Waals surface area contributed by atoms with Crippen LogP contribution in [0.3, 0.4) is 0 Å². The lowest BCUT2D eigenvalue weighted by molar-refractivity contribution is -0.155. The van der Waals surface area contributed by atoms with Crippen LogP contribution in [-0.4, -0.2) is 53.0 Å². The number of halogens is 2. The van der Waals surface area contributed by atoms with Crippen molar-refractivity contribution in [3.63, 3.8) is 0 Å². The van der Waals surface area contributed by atoms with E-state index in [1.54, 1.807) is 61.5 Å². The molecule has 0 aromatic heterocycles. The number of aliphatic imine (C=N–C) groups is 1. The molecule has 3 aromatic carbocycles. The molecular formula is C28H26ClFN4O5. The Kier molecular flexibility index (Phi) is 9.03. The van der Waals surface area contributed by atoms with Gasteiger partial charge in [0.1, 0.15) is 5.82 Å². The summed E-state index contributed by atoms with van der Waals surface area (Å²) in [5.41, 5.74) is 4.83. The van der Waals surface area contributed by atoms with Gasteiger partial charge in [-0.25, -0.2) is 19.2 Å². The molecule has 2 amide bonds. The predicted molar refractivity (Wildman–Crippen MR) is 143 cm³/mol. The number of nitrogens with one attached hydrogen (secondary N) is 2. The summed E-state index contributed by atoms with van der Waals surface area (Å²) in [5.74, 6) is -2.65. The van der Waals surface area contributed by atoms with Crippen LogP contribution in [0.2, 0.25) is 5.02 Å². The normalized spacial score (nSPS) is 15.5. The van der Waals surface area contributed by atoms with E-state index in [9.17, 15) is 23.9 Å². The maximum Gasteiger partial charge on any atom is 0.336 e. The van der Waals surface area contributed by atoms with Gasteiger partial charge in [-0.15, -0.1) is 0 Å². The van der Waals surface area contributed by atoms with Gasteiger partial charge in [0.15, 0.2) is 18.0 Å². The molecule has 1 heterocycles. The molecule has 0 saturated heterocycles. The van der Waals surface area contributed by atoms with Crippen molar-refractivity contribution in [1.82, 2.24) is 15.8 Å². The minimum atomic E-state index is -1.55. The first-order chi connectivity index (χ1) is 18.7.